The van der Waals surface area contributed by atoms with E-state index in [9.17, 15) is 13.2 Å². The summed E-state index contributed by atoms with van der Waals surface area (Å²) in [6.07, 6.45) is 1.59. The van der Waals surface area contributed by atoms with Crippen molar-refractivity contribution in [1.29, 1.82) is 0 Å². The smallest absolute Gasteiger partial charge is 0.259 e. The minimum Gasteiger partial charge on any atom is -0.336 e. The van der Waals surface area contributed by atoms with Crippen LogP contribution in [0.15, 0.2) is 41.4 Å². The van der Waals surface area contributed by atoms with Gasteiger partial charge in [-0.3, -0.25) is 9.48 Å². The highest BCUT2D eigenvalue weighted by molar-refractivity contribution is 7.89. The molecule has 0 bridgehead atoms. The van der Waals surface area contributed by atoms with Gasteiger partial charge in [-0.1, -0.05) is 6.07 Å². The number of amides is 1. The van der Waals surface area contributed by atoms with Gasteiger partial charge in [-0.05, 0) is 63.1 Å². The number of hydrogen-bond acceptors (Lipinski definition) is 4. The maximum atomic E-state index is 13.4. The van der Waals surface area contributed by atoms with Crippen LogP contribution in [0.5, 0.6) is 0 Å². The third-order valence-electron chi connectivity index (χ3n) is 6.26. The summed E-state index contributed by atoms with van der Waals surface area (Å²) in [6.45, 7) is 9.04. The van der Waals surface area contributed by atoms with E-state index >= 15 is 0 Å². The van der Waals surface area contributed by atoms with E-state index < -0.39 is 10.0 Å². The number of nitrogens with zero attached hydrogens (tertiary/aromatic N) is 5. The number of carbonyl (C=O) groups excluding carboxylic acids is 1. The van der Waals surface area contributed by atoms with Crippen molar-refractivity contribution in [2.24, 2.45) is 7.05 Å². The molecule has 0 N–H and O–H groups in total. The van der Waals surface area contributed by atoms with Crippen molar-refractivity contribution < 1.29 is 13.2 Å². The number of benzene rings is 1. The predicted molar refractivity (Wildman–Crippen MR) is 123 cm³/mol. The first-order chi connectivity index (χ1) is 15.1. The van der Waals surface area contributed by atoms with Crippen LogP contribution in [0.4, 0.5) is 0 Å². The Kier molecular flexibility index (Phi) is 5.72. The van der Waals surface area contributed by atoms with Crippen LogP contribution in [0, 0.1) is 27.7 Å². The fourth-order valence-corrected chi connectivity index (χ4v) is 5.68. The largest absolute Gasteiger partial charge is 0.336 e. The van der Waals surface area contributed by atoms with Crippen LogP contribution in [0.1, 0.15) is 32.9 Å². The Bertz CT molecular complexity index is 1260. The Labute approximate surface area is 189 Å². The van der Waals surface area contributed by atoms with Gasteiger partial charge in [-0.25, -0.2) is 8.42 Å². The highest BCUT2D eigenvalue weighted by atomic mass is 32.2. The third kappa shape index (κ3) is 3.75. The molecule has 8 nitrogen and oxygen atoms in total. The summed E-state index contributed by atoms with van der Waals surface area (Å²) in [6, 6.07) is 9.21. The fraction of sp³-hybridized carbons (Fsp3) is 0.391. The summed E-state index contributed by atoms with van der Waals surface area (Å²) >= 11 is 0. The molecule has 3 heterocycles. The molecule has 3 aromatic rings. The molecule has 1 aliphatic heterocycles. The first-order valence-corrected chi connectivity index (χ1v) is 12.1. The zero-order chi connectivity index (χ0) is 23.2. The van der Waals surface area contributed by atoms with Crippen LogP contribution in [0.25, 0.3) is 5.82 Å². The normalized spacial score (nSPS) is 15.3. The Morgan fingerprint density at radius 2 is 1.53 bits per heavy atom. The van der Waals surface area contributed by atoms with E-state index in [0.29, 0.717) is 23.5 Å². The van der Waals surface area contributed by atoms with E-state index in [1.807, 2.05) is 57.5 Å². The van der Waals surface area contributed by atoms with Crippen molar-refractivity contribution in [3.05, 3.63) is 64.6 Å². The molecule has 0 saturated carbocycles. The molecule has 0 unspecified atom stereocenters. The second-order valence-corrected chi connectivity index (χ2v) is 10.3. The molecule has 1 fully saturated rings. The number of hydrogen-bond donors (Lipinski definition) is 0. The standard InChI is InChI=1S/C23H29N5O3S/c1-16-6-9-20(14-17(16)2)32(30,31)27-12-10-26(11-13-27)23(29)21-15-24-25(5)22(21)28-18(3)7-8-19(28)4/h6-9,14-15H,10-13H2,1-5H3. The SMILES string of the molecule is Cc1ccc(S(=O)(=O)N2CCN(C(=O)c3cnn(C)c3-n3c(C)ccc3C)CC2)cc1C. The zero-order valence-electron chi connectivity index (χ0n) is 19.2. The topological polar surface area (TPSA) is 80.4 Å². The highest BCUT2D eigenvalue weighted by Crippen LogP contribution is 2.24. The second kappa shape index (κ2) is 8.22. The Morgan fingerprint density at radius 3 is 2.12 bits per heavy atom. The first-order valence-electron chi connectivity index (χ1n) is 10.6. The minimum absolute atomic E-state index is 0.135. The van der Waals surface area contributed by atoms with E-state index in [0.717, 1.165) is 28.3 Å². The molecule has 1 saturated heterocycles. The first kappa shape index (κ1) is 22.3. The van der Waals surface area contributed by atoms with Crippen LogP contribution >= 0.6 is 0 Å². The maximum absolute atomic E-state index is 13.4. The van der Waals surface area contributed by atoms with Gasteiger partial charge in [0.2, 0.25) is 10.0 Å². The van der Waals surface area contributed by atoms with Crippen LogP contribution in [0.3, 0.4) is 0 Å². The van der Waals surface area contributed by atoms with Crippen molar-refractivity contribution in [1.82, 2.24) is 23.6 Å². The quantitative estimate of drug-likeness (QED) is 0.606. The van der Waals surface area contributed by atoms with Gasteiger partial charge in [0.1, 0.15) is 11.4 Å². The lowest BCUT2D eigenvalue weighted by atomic mass is 10.1. The number of aryl methyl sites for hydroxylation is 5. The van der Waals surface area contributed by atoms with Gasteiger partial charge in [-0.2, -0.15) is 9.40 Å². The Balaban J connectivity index is 1.53. The molecule has 0 radical (unpaired) electrons. The molecule has 4 rings (SSSR count). The zero-order valence-corrected chi connectivity index (χ0v) is 20.0. The van der Waals surface area contributed by atoms with E-state index in [1.54, 1.807) is 27.9 Å². The molecule has 1 amide bonds. The summed E-state index contributed by atoms with van der Waals surface area (Å²) in [5.74, 6) is 0.587. The van der Waals surface area contributed by atoms with Crippen LogP contribution in [0.2, 0.25) is 0 Å². The molecule has 9 heteroatoms. The number of rotatable bonds is 4. The van der Waals surface area contributed by atoms with E-state index in [2.05, 4.69) is 5.10 Å². The van der Waals surface area contributed by atoms with Crippen LogP contribution in [-0.4, -0.2) is 64.1 Å². The van der Waals surface area contributed by atoms with Crippen molar-refractivity contribution >= 4 is 15.9 Å². The molecule has 170 valence electrons. The molecule has 0 atom stereocenters. The van der Waals surface area contributed by atoms with Crippen molar-refractivity contribution in [3.8, 4) is 5.82 Å². The lowest BCUT2D eigenvalue weighted by Crippen LogP contribution is -2.50. The predicted octanol–water partition coefficient (Wildman–Crippen LogP) is 2.59. The second-order valence-electron chi connectivity index (χ2n) is 8.40. The monoisotopic (exact) mass is 455 g/mol. The number of piperazine rings is 1. The molecular formula is C23H29N5O3S. The molecular weight excluding hydrogens is 426 g/mol. The van der Waals surface area contributed by atoms with Gasteiger partial charge in [0.05, 0.1) is 11.1 Å². The molecule has 1 aliphatic rings. The van der Waals surface area contributed by atoms with Gasteiger partial charge in [-0.15, -0.1) is 0 Å². The highest BCUT2D eigenvalue weighted by Gasteiger charge is 2.32. The lowest BCUT2D eigenvalue weighted by molar-refractivity contribution is 0.0698. The van der Waals surface area contributed by atoms with Gasteiger partial charge < -0.3 is 9.47 Å². The van der Waals surface area contributed by atoms with Gasteiger partial charge in [0, 0.05) is 44.6 Å². The molecule has 0 spiro atoms. The fourth-order valence-electron chi connectivity index (χ4n) is 4.17. The van der Waals surface area contributed by atoms with E-state index in [-0.39, 0.29) is 19.0 Å². The van der Waals surface area contributed by atoms with Crippen molar-refractivity contribution in [2.75, 3.05) is 26.2 Å². The number of carbonyl (C=O) groups is 1. The van der Waals surface area contributed by atoms with Crippen molar-refractivity contribution in [3.63, 3.8) is 0 Å². The average Bonchev–Trinajstić information content (AvgIpc) is 3.30. The van der Waals surface area contributed by atoms with Gasteiger partial charge >= 0.3 is 0 Å². The molecule has 32 heavy (non-hydrogen) atoms. The summed E-state index contributed by atoms with van der Waals surface area (Å²) < 4.78 is 31.4. The van der Waals surface area contributed by atoms with Crippen molar-refractivity contribution in [2.45, 2.75) is 32.6 Å². The average molecular weight is 456 g/mol. The summed E-state index contributed by atoms with van der Waals surface area (Å²) in [5.41, 5.74) is 4.55. The molecule has 2 aromatic heterocycles. The van der Waals surface area contributed by atoms with Gasteiger partial charge in [0.15, 0.2) is 0 Å². The van der Waals surface area contributed by atoms with Crippen LogP contribution in [-0.2, 0) is 17.1 Å². The molecule has 1 aromatic carbocycles. The lowest BCUT2D eigenvalue weighted by Gasteiger charge is -2.34. The summed E-state index contributed by atoms with van der Waals surface area (Å²) in [7, 11) is -1.77. The Morgan fingerprint density at radius 1 is 0.906 bits per heavy atom. The molecule has 0 aliphatic carbocycles. The third-order valence-corrected chi connectivity index (χ3v) is 8.16. The number of sulfonamides is 1. The van der Waals surface area contributed by atoms with Crippen LogP contribution < -0.4 is 0 Å². The van der Waals surface area contributed by atoms with E-state index in [1.165, 1.54) is 4.31 Å². The van der Waals surface area contributed by atoms with Gasteiger partial charge in [0.25, 0.3) is 5.91 Å². The maximum Gasteiger partial charge on any atom is 0.259 e. The Hall–Kier alpha value is -2.91. The summed E-state index contributed by atoms with van der Waals surface area (Å²) in [5, 5.41) is 4.32. The number of aromatic nitrogens is 3. The van der Waals surface area contributed by atoms with E-state index in [4.69, 9.17) is 0 Å². The minimum atomic E-state index is -3.59. The summed E-state index contributed by atoms with van der Waals surface area (Å²) in [4.78, 5) is 15.4.